The van der Waals surface area contributed by atoms with E-state index in [-0.39, 0.29) is 17.7 Å². The largest absolute Gasteiger partial charge is 0.481 e. The highest BCUT2D eigenvalue weighted by Gasteiger charge is 2.36. The third-order valence-corrected chi connectivity index (χ3v) is 5.14. The highest BCUT2D eigenvalue weighted by molar-refractivity contribution is 5.80. The van der Waals surface area contributed by atoms with Gasteiger partial charge in [-0.1, -0.05) is 36.8 Å². The number of carbonyl (C=O) groups excluding carboxylic acids is 1. The fourth-order valence-corrected chi connectivity index (χ4v) is 3.85. The molecule has 1 amide bonds. The van der Waals surface area contributed by atoms with Crippen molar-refractivity contribution in [3.8, 4) is 0 Å². The molecule has 1 saturated heterocycles. The third kappa shape index (κ3) is 3.16. The maximum atomic E-state index is 12.7. The monoisotopic (exact) mass is 301 g/mol. The molecule has 1 aliphatic carbocycles. The van der Waals surface area contributed by atoms with Crippen molar-refractivity contribution in [2.45, 2.75) is 38.0 Å². The Labute approximate surface area is 131 Å². The van der Waals surface area contributed by atoms with Gasteiger partial charge in [-0.25, -0.2) is 0 Å². The molecule has 22 heavy (non-hydrogen) atoms. The molecule has 3 rings (SSSR count). The second-order valence-corrected chi connectivity index (χ2v) is 6.58. The molecule has 1 N–H and O–H groups in total. The Balaban J connectivity index is 1.60. The van der Waals surface area contributed by atoms with Gasteiger partial charge in [-0.05, 0) is 31.2 Å². The molecule has 1 aromatic carbocycles. The first kappa shape index (κ1) is 15.1. The molecule has 2 fully saturated rings. The fraction of sp³-hybridized carbons (Fsp3) is 0.556. The Bertz CT molecular complexity index is 543. The van der Waals surface area contributed by atoms with Gasteiger partial charge in [0, 0.05) is 24.9 Å². The second-order valence-electron chi connectivity index (χ2n) is 6.58. The number of aliphatic carboxylic acids is 1. The predicted molar refractivity (Wildman–Crippen MR) is 83.5 cm³/mol. The predicted octanol–water partition coefficient (Wildman–Crippen LogP) is 2.89. The number of carbonyl (C=O) groups is 2. The molecular weight excluding hydrogens is 278 g/mol. The molecule has 3 atom stereocenters. The summed E-state index contributed by atoms with van der Waals surface area (Å²) in [6, 6.07) is 10.3. The van der Waals surface area contributed by atoms with Crippen molar-refractivity contribution >= 4 is 11.9 Å². The van der Waals surface area contributed by atoms with Crippen LogP contribution in [0, 0.1) is 11.8 Å². The van der Waals surface area contributed by atoms with Crippen LogP contribution in [0.3, 0.4) is 0 Å². The highest BCUT2D eigenvalue weighted by atomic mass is 16.4. The van der Waals surface area contributed by atoms with Gasteiger partial charge in [0.2, 0.25) is 5.91 Å². The highest BCUT2D eigenvalue weighted by Crippen LogP contribution is 2.33. The van der Waals surface area contributed by atoms with E-state index in [0.29, 0.717) is 18.8 Å². The lowest BCUT2D eigenvalue weighted by molar-refractivity contribution is -0.145. The summed E-state index contributed by atoms with van der Waals surface area (Å²) < 4.78 is 0. The molecule has 3 unspecified atom stereocenters. The first-order valence-corrected chi connectivity index (χ1v) is 8.21. The molecule has 118 valence electrons. The summed E-state index contributed by atoms with van der Waals surface area (Å²) in [5.74, 6) is -0.589. The molecule has 4 nitrogen and oxygen atoms in total. The number of rotatable bonds is 3. The van der Waals surface area contributed by atoms with E-state index in [1.54, 1.807) is 0 Å². The zero-order valence-corrected chi connectivity index (χ0v) is 12.8. The molecule has 1 aromatic rings. The van der Waals surface area contributed by atoms with Crippen LogP contribution < -0.4 is 0 Å². The van der Waals surface area contributed by atoms with Gasteiger partial charge in [0.25, 0.3) is 0 Å². The van der Waals surface area contributed by atoms with Crippen LogP contribution >= 0.6 is 0 Å². The third-order valence-electron chi connectivity index (χ3n) is 5.14. The first-order chi connectivity index (χ1) is 10.6. The van der Waals surface area contributed by atoms with Gasteiger partial charge in [0.05, 0.1) is 5.92 Å². The smallest absolute Gasteiger partial charge is 0.306 e. The van der Waals surface area contributed by atoms with Gasteiger partial charge in [-0.15, -0.1) is 0 Å². The van der Waals surface area contributed by atoms with E-state index in [2.05, 4.69) is 12.1 Å². The Morgan fingerprint density at radius 3 is 2.50 bits per heavy atom. The fourth-order valence-electron chi connectivity index (χ4n) is 3.85. The van der Waals surface area contributed by atoms with Crippen LogP contribution in [-0.4, -0.2) is 35.0 Å². The van der Waals surface area contributed by atoms with Crippen molar-refractivity contribution in [1.82, 2.24) is 4.90 Å². The summed E-state index contributed by atoms with van der Waals surface area (Å²) in [4.78, 5) is 25.8. The maximum absolute atomic E-state index is 12.7. The van der Waals surface area contributed by atoms with Crippen molar-refractivity contribution in [1.29, 1.82) is 0 Å². The number of nitrogens with zero attached hydrogens (tertiary/aromatic N) is 1. The Hall–Kier alpha value is -1.84. The van der Waals surface area contributed by atoms with Crippen molar-refractivity contribution in [2.24, 2.45) is 11.8 Å². The normalized spacial score (nSPS) is 28.5. The quantitative estimate of drug-likeness (QED) is 0.934. The average Bonchev–Trinajstić information content (AvgIpc) is 3.05. The van der Waals surface area contributed by atoms with Gasteiger partial charge in [0.15, 0.2) is 0 Å². The number of hydrogen-bond donors (Lipinski definition) is 1. The van der Waals surface area contributed by atoms with Gasteiger partial charge in [-0.3, -0.25) is 9.59 Å². The molecular formula is C18H23NO3. The lowest BCUT2D eigenvalue weighted by Crippen LogP contribution is -2.37. The molecule has 2 aliphatic rings. The average molecular weight is 301 g/mol. The zero-order chi connectivity index (χ0) is 15.5. The number of carboxylic acids is 1. The van der Waals surface area contributed by atoms with Crippen molar-refractivity contribution < 1.29 is 14.7 Å². The van der Waals surface area contributed by atoms with Gasteiger partial charge in [0.1, 0.15) is 0 Å². The summed E-state index contributed by atoms with van der Waals surface area (Å²) in [6.07, 6.45) is 3.93. The van der Waals surface area contributed by atoms with Crippen LogP contribution in [0.5, 0.6) is 0 Å². The van der Waals surface area contributed by atoms with E-state index in [9.17, 15) is 9.59 Å². The number of carboxylic acid groups (broad SMARTS) is 1. The van der Waals surface area contributed by atoms with E-state index in [1.165, 1.54) is 5.56 Å². The number of hydrogen-bond acceptors (Lipinski definition) is 2. The molecule has 1 aliphatic heterocycles. The van der Waals surface area contributed by atoms with Gasteiger partial charge < -0.3 is 10.0 Å². The Morgan fingerprint density at radius 1 is 1.05 bits per heavy atom. The molecule has 0 aromatic heterocycles. The van der Waals surface area contributed by atoms with Gasteiger partial charge >= 0.3 is 5.97 Å². The van der Waals surface area contributed by atoms with E-state index < -0.39 is 5.97 Å². The minimum Gasteiger partial charge on any atom is -0.481 e. The molecule has 0 radical (unpaired) electrons. The van der Waals surface area contributed by atoms with Gasteiger partial charge in [-0.2, -0.15) is 0 Å². The first-order valence-electron chi connectivity index (χ1n) is 8.21. The molecule has 1 heterocycles. The molecule has 0 bridgehead atoms. The Kier molecular flexibility index (Phi) is 4.46. The minimum atomic E-state index is -0.749. The topological polar surface area (TPSA) is 57.6 Å². The van der Waals surface area contributed by atoms with E-state index in [4.69, 9.17) is 5.11 Å². The number of benzene rings is 1. The summed E-state index contributed by atoms with van der Waals surface area (Å²) in [5, 5.41) is 9.17. The van der Waals surface area contributed by atoms with Crippen LogP contribution in [-0.2, 0) is 9.59 Å². The van der Waals surface area contributed by atoms with E-state index in [1.807, 2.05) is 23.1 Å². The van der Waals surface area contributed by atoms with Crippen LogP contribution in [0.25, 0.3) is 0 Å². The van der Waals surface area contributed by atoms with Crippen LogP contribution in [0.15, 0.2) is 30.3 Å². The lowest BCUT2D eigenvalue weighted by atomic mass is 9.81. The Morgan fingerprint density at radius 2 is 1.77 bits per heavy atom. The molecule has 0 spiro atoms. The maximum Gasteiger partial charge on any atom is 0.306 e. The number of likely N-dealkylation sites (tertiary alicyclic amines) is 1. The molecule has 1 saturated carbocycles. The summed E-state index contributed by atoms with van der Waals surface area (Å²) in [5.41, 5.74) is 1.30. The van der Waals surface area contributed by atoms with Crippen molar-refractivity contribution in [2.75, 3.05) is 13.1 Å². The second kappa shape index (κ2) is 6.51. The van der Waals surface area contributed by atoms with E-state index >= 15 is 0 Å². The molecule has 4 heteroatoms. The van der Waals surface area contributed by atoms with Crippen LogP contribution in [0.1, 0.15) is 43.6 Å². The standard InChI is InChI=1S/C18H23NO3/c20-17(14-7-4-8-15(11-14)18(21)22)19-10-9-16(12-19)13-5-2-1-3-6-13/h1-3,5-6,14-16H,4,7-12H2,(H,21,22). The van der Waals surface area contributed by atoms with Crippen molar-refractivity contribution in [3.05, 3.63) is 35.9 Å². The number of amides is 1. The lowest BCUT2D eigenvalue weighted by Gasteiger charge is -2.29. The SMILES string of the molecule is O=C(O)C1CCCC(C(=O)N2CCC(c3ccccc3)C2)C1. The van der Waals surface area contributed by atoms with Crippen LogP contribution in [0.4, 0.5) is 0 Å². The van der Waals surface area contributed by atoms with Crippen molar-refractivity contribution in [3.63, 3.8) is 0 Å². The summed E-state index contributed by atoms with van der Waals surface area (Å²) in [7, 11) is 0. The summed E-state index contributed by atoms with van der Waals surface area (Å²) in [6.45, 7) is 1.57. The van der Waals surface area contributed by atoms with E-state index in [0.717, 1.165) is 32.4 Å². The van der Waals surface area contributed by atoms with Crippen LogP contribution in [0.2, 0.25) is 0 Å². The zero-order valence-electron chi connectivity index (χ0n) is 12.8. The summed E-state index contributed by atoms with van der Waals surface area (Å²) >= 11 is 0. The minimum absolute atomic E-state index is 0.0932.